The fourth-order valence-electron chi connectivity index (χ4n) is 4.30. The van der Waals surface area contributed by atoms with Crippen LogP contribution < -0.4 is 4.72 Å². The highest BCUT2D eigenvalue weighted by molar-refractivity contribution is 7.89. The fourth-order valence-corrected chi connectivity index (χ4v) is 5.56. The Morgan fingerprint density at radius 1 is 1.15 bits per heavy atom. The Balaban J connectivity index is 1.55. The maximum Gasteiger partial charge on any atom is 0.317 e. The molecule has 0 radical (unpaired) electrons. The quantitative estimate of drug-likeness (QED) is 0.708. The first-order valence-electron chi connectivity index (χ1n) is 9.97. The fraction of sp³-hybridized carbons (Fsp3) is 0.650. The minimum atomic E-state index is -3.53. The molecule has 150 valence electrons. The van der Waals surface area contributed by atoms with Crippen molar-refractivity contribution in [3.8, 4) is 0 Å². The van der Waals surface area contributed by atoms with Crippen molar-refractivity contribution in [2.75, 3.05) is 13.1 Å². The normalized spacial score (nSPS) is 23.9. The zero-order chi connectivity index (χ0) is 19.4. The Morgan fingerprint density at radius 2 is 1.78 bits per heavy atom. The van der Waals surface area contributed by atoms with E-state index in [0.717, 1.165) is 0 Å². The van der Waals surface area contributed by atoms with Gasteiger partial charge in [-0.15, -0.1) is 0 Å². The summed E-state index contributed by atoms with van der Waals surface area (Å²) in [4.78, 5) is 13.1. The number of rotatable bonds is 8. The van der Waals surface area contributed by atoms with Gasteiger partial charge < -0.3 is 5.11 Å². The maximum atomic E-state index is 12.6. The summed E-state index contributed by atoms with van der Waals surface area (Å²) in [6, 6.07) is 7.35. The second-order valence-corrected chi connectivity index (χ2v) is 9.52. The van der Waals surface area contributed by atoms with Gasteiger partial charge in [0.25, 0.3) is 0 Å². The molecule has 0 heterocycles. The number of aliphatic carboxylic acids is 1. The van der Waals surface area contributed by atoms with Gasteiger partial charge in [0.15, 0.2) is 0 Å². The number of nitrogens with one attached hydrogen (secondary N) is 1. The number of sulfonamides is 1. The van der Waals surface area contributed by atoms with Crippen LogP contribution in [0.1, 0.15) is 63.4 Å². The summed E-state index contributed by atoms with van der Waals surface area (Å²) in [5.74, 6) is -0.288. The molecule has 2 fully saturated rings. The SMILES string of the molecule is CCN(CC(=O)O)C1CC(NS(=O)(=O)c2ccc(C3CCCCC3)cc2)C1. The number of carboxylic acid groups (broad SMARTS) is 1. The van der Waals surface area contributed by atoms with E-state index in [-0.39, 0.29) is 18.6 Å². The van der Waals surface area contributed by atoms with Crippen LogP contribution in [0.5, 0.6) is 0 Å². The number of likely N-dealkylation sites (N-methyl/N-ethyl adjacent to an activating group) is 1. The molecule has 0 spiro atoms. The average molecular weight is 395 g/mol. The Hall–Kier alpha value is -1.44. The average Bonchev–Trinajstić information content (AvgIpc) is 2.63. The minimum Gasteiger partial charge on any atom is -0.480 e. The zero-order valence-corrected chi connectivity index (χ0v) is 16.7. The Morgan fingerprint density at radius 3 is 2.33 bits per heavy atom. The molecule has 0 unspecified atom stereocenters. The highest BCUT2D eigenvalue weighted by Crippen LogP contribution is 2.33. The zero-order valence-electron chi connectivity index (χ0n) is 15.9. The smallest absolute Gasteiger partial charge is 0.317 e. The Bertz CT molecular complexity index is 736. The van der Waals surface area contributed by atoms with E-state index in [4.69, 9.17) is 5.11 Å². The number of carbonyl (C=O) groups is 1. The molecule has 7 heteroatoms. The van der Waals surface area contributed by atoms with Gasteiger partial charge in [0.05, 0.1) is 11.4 Å². The van der Waals surface area contributed by atoms with Crippen LogP contribution in [0, 0.1) is 0 Å². The van der Waals surface area contributed by atoms with E-state index in [1.54, 1.807) is 12.1 Å². The van der Waals surface area contributed by atoms with Crippen LogP contribution in [0.3, 0.4) is 0 Å². The topological polar surface area (TPSA) is 86.7 Å². The molecule has 2 aliphatic rings. The highest BCUT2D eigenvalue weighted by atomic mass is 32.2. The number of hydrogen-bond acceptors (Lipinski definition) is 4. The molecule has 2 aliphatic carbocycles. The third-order valence-electron chi connectivity index (χ3n) is 5.96. The van der Waals surface area contributed by atoms with Crippen LogP contribution in [0.4, 0.5) is 0 Å². The third kappa shape index (κ3) is 5.09. The molecule has 0 aromatic heterocycles. The van der Waals surface area contributed by atoms with Crippen molar-refractivity contribution in [3.05, 3.63) is 29.8 Å². The van der Waals surface area contributed by atoms with Crippen LogP contribution in [-0.2, 0) is 14.8 Å². The van der Waals surface area contributed by atoms with Gasteiger partial charge in [0, 0.05) is 12.1 Å². The van der Waals surface area contributed by atoms with Crippen LogP contribution in [0.2, 0.25) is 0 Å². The summed E-state index contributed by atoms with van der Waals surface area (Å²) in [5.41, 5.74) is 1.24. The van der Waals surface area contributed by atoms with Gasteiger partial charge in [-0.25, -0.2) is 13.1 Å². The molecule has 0 aliphatic heterocycles. The van der Waals surface area contributed by atoms with Gasteiger partial charge in [0.1, 0.15) is 0 Å². The Kier molecular flexibility index (Phi) is 6.55. The molecule has 6 nitrogen and oxygen atoms in total. The predicted molar refractivity (Wildman–Crippen MR) is 104 cm³/mol. The summed E-state index contributed by atoms with van der Waals surface area (Å²) in [5, 5.41) is 8.95. The standard InChI is InChI=1S/C20H30N2O4S/c1-2-22(14-20(23)24)18-12-17(13-18)21-27(25,26)19-10-8-16(9-11-19)15-6-4-3-5-7-15/h8-11,15,17-18,21H,2-7,12-14H2,1H3,(H,23,24). The molecular formula is C20H30N2O4S. The van der Waals surface area contributed by atoms with Gasteiger partial charge in [-0.05, 0) is 55.8 Å². The summed E-state index contributed by atoms with van der Waals surface area (Å²) < 4.78 is 28.0. The van der Waals surface area contributed by atoms with Crippen LogP contribution in [0.15, 0.2) is 29.2 Å². The van der Waals surface area contributed by atoms with Crippen LogP contribution in [0.25, 0.3) is 0 Å². The van der Waals surface area contributed by atoms with E-state index < -0.39 is 16.0 Å². The monoisotopic (exact) mass is 394 g/mol. The van der Waals surface area contributed by atoms with Gasteiger partial charge in [-0.3, -0.25) is 9.69 Å². The minimum absolute atomic E-state index is 0.00324. The molecule has 0 atom stereocenters. The summed E-state index contributed by atoms with van der Waals surface area (Å²) >= 11 is 0. The second kappa shape index (κ2) is 8.71. The highest BCUT2D eigenvalue weighted by Gasteiger charge is 2.36. The van der Waals surface area contributed by atoms with E-state index in [0.29, 0.717) is 30.2 Å². The van der Waals surface area contributed by atoms with Gasteiger partial charge in [0.2, 0.25) is 10.0 Å². The largest absolute Gasteiger partial charge is 0.480 e. The molecule has 2 N–H and O–H groups in total. The molecule has 3 rings (SSSR count). The number of hydrogen-bond donors (Lipinski definition) is 2. The first-order valence-corrected chi connectivity index (χ1v) is 11.5. The number of carboxylic acids is 1. The molecule has 1 aromatic rings. The van der Waals surface area contributed by atoms with Crippen LogP contribution in [-0.4, -0.2) is 49.6 Å². The van der Waals surface area contributed by atoms with Gasteiger partial charge >= 0.3 is 5.97 Å². The second-order valence-electron chi connectivity index (χ2n) is 7.80. The molecule has 2 saturated carbocycles. The maximum absolute atomic E-state index is 12.6. The number of benzene rings is 1. The molecule has 0 bridgehead atoms. The van der Waals surface area contributed by atoms with E-state index in [1.807, 2.05) is 24.0 Å². The van der Waals surface area contributed by atoms with E-state index >= 15 is 0 Å². The van der Waals surface area contributed by atoms with Crippen molar-refractivity contribution in [1.82, 2.24) is 9.62 Å². The molecular weight excluding hydrogens is 364 g/mol. The van der Waals surface area contributed by atoms with Crippen molar-refractivity contribution in [2.45, 2.75) is 74.8 Å². The molecule has 27 heavy (non-hydrogen) atoms. The summed E-state index contributed by atoms with van der Waals surface area (Å²) in [6.45, 7) is 2.58. The molecule has 0 saturated heterocycles. The van der Waals surface area contributed by atoms with Crippen molar-refractivity contribution in [3.63, 3.8) is 0 Å². The first kappa shape index (κ1) is 20.3. The van der Waals surface area contributed by atoms with Crippen molar-refractivity contribution < 1.29 is 18.3 Å². The van der Waals surface area contributed by atoms with Crippen LogP contribution >= 0.6 is 0 Å². The lowest BCUT2D eigenvalue weighted by molar-refractivity contribution is -0.139. The lowest BCUT2D eigenvalue weighted by Crippen LogP contribution is -2.54. The number of nitrogens with zero attached hydrogens (tertiary/aromatic N) is 1. The molecule has 1 aromatic carbocycles. The van der Waals surface area contributed by atoms with E-state index in [9.17, 15) is 13.2 Å². The van der Waals surface area contributed by atoms with E-state index in [1.165, 1.54) is 37.7 Å². The van der Waals surface area contributed by atoms with Gasteiger partial charge in [-0.1, -0.05) is 38.3 Å². The lowest BCUT2D eigenvalue weighted by atomic mass is 9.84. The van der Waals surface area contributed by atoms with Gasteiger partial charge in [-0.2, -0.15) is 0 Å². The third-order valence-corrected chi connectivity index (χ3v) is 7.50. The summed E-state index contributed by atoms with van der Waals surface area (Å²) in [7, 11) is -3.53. The molecule has 0 amide bonds. The van der Waals surface area contributed by atoms with E-state index in [2.05, 4.69) is 4.72 Å². The predicted octanol–water partition coefficient (Wildman–Crippen LogP) is 2.95. The Labute approximate surface area is 162 Å². The first-order chi connectivity index (χ1) is 12.9. The van der Waals surface area contributed by atoms with Crippen molar-refractivity contribution in [1.29, 1.82) is 0 Å². The summed E-state index contributed by atoms with van der Waals surface area (Å²) in [6.07, 6.45) is 7.51. The van der Waals surface area contributed by atoms with Crippen molar-refractivity contribution >= 4 is 16.0 Å². The lowest BCUT2D eigenvalue weighted by Gasteiger charge is -2.42. The van der Waals surface area contributed by atoms with Crippen molar-refractivity contribution in [2.24, 2.45) is 0 Å².